The first-order valence-corrected chi connectivity index (χ1v) is 8.07. The van der Waals surface area contributed by atoms with Crippen molar-refractivity contribution in [2.75, 3.05) is 31.3 Å². The number of hydrogen-bond donors (Lipinski definition) is 2. The van der Waals surface area contributed by atoms with Crippen molar-refractivity contribution >= 4 is 28.3 Å². The number of aliphatic hydroxyl groups is 2. The molecule has 0 spiro atoms. The molecule has 4 heterocycles. The van der Waals surface area contributed by atoms with E-state index in [0.717, 1.165) is 0 Å². The summed E-state index contributed by atoms with van der Waals surface area (Å²) in [6.07, 6.45) is 0. The first-order valence-electron chi connectivity index (χ1n) is 7.70. The summed E-state index contributed by atoms with van der Waals surface area (Å²) >= 11 is 5.76. The molecule has 146 valence electrons. The van der Waals surface area contributed by atoms with Crippen LogP contribution in [0.15, 0.2) is 0 Å². The highest BCUT2D eigenvalue weighted by Crippen LogP contribution is 2.40. The summed E-state index contributed by atoms with van der Waals surface area (Å²) in [5.74, 6) is -4.58. The molecule has 0 aromatic carbocycles. The van der Waals surface area contributed by atoms with Crippen LogP contribution in [0.25, 0.3) is 10.9 Å². The standard InChI is InChI=1S/C14H12ClF3N4O5/c15-9-7(16)8-6-10(21-12(19-8)27-13(23)24)22-3-14(17,18)4-25-1-5(22)2-26-11(6)20-9/h5,13,23-24H,1-4H2. The molecule has 2 aromatic rings. The van der Waals surface area contributed by atoms with Gasteiger partial charge in [0.15, 0.2) is 11.0 Å². The SMILES string of the molecule is OC(O)Oc1nc2c3c(nc(Cl)c(F)c3n1)OCC1COCC(F)(F)CN21. The number of fused-ring (bicyclic) bond motifs is 2. The lowest BCUT2D eigenvalue weighted by Gasteiger charge is -2.29. The van der Waals surface area contributed by atoms with Crippen LogP contribution in [0.2, 0.25) is 5.15 Å². The van der Waals surface area contributed by atoms with E-state index in [1.54, 1.807) is 0 Å². The van der Waals surface area contributed by atoms with E-state index in [0.29, 0.717) is 0 Å². The van der Waals surface area contributed by atoms with Crippen LogP contribution in [0.4, 0.5) is 19.0 Å². The Morgan fingerprint density at radius 3 is 2.78 bits per heavy atom. The maximum Gasteiger partial charge on any atom is 0.323 e. The topological polar surface area (TPSA) is 110 Å². The van der Waals surface area contributed by atoms with E-state index in [9.17, 15) is 13.2 Å². The molecule has 0 saturated carbocycles. The van der Waals surface area contributed by atoms with Crippen LogP contribution in [-0.2, 0) is 4.74 Å². The molecule has 0 bridgehead atoms. The smallest absolute Gasteiger partial charge is 0.323 e. The third-order valence-corrected chi connectivity index (χ3v) is 4.28. The van der Waals surface area contributed by atoms with E-state index < -0.39 is 54.1 Å². The summed E-state index contributed by atoms with van der Waals surface area (Å²) in [4.78, 5) is 12.7. The second kappa shape index (κ2) is 6.48. The molecule has 4 rings (SSSR count). The Labute approximate surface area is 154 Å². The van der Waals surface area contributed by atoms with Crippen LogP contribution < -0.4 is 14.4 Å². The molecule has 2 aromatic heterocycles. The van der Waals surface area contributed by atoms with Crippen molar-refractivity contribution < 1.29 is 37.6 Å². The van der Waals surface area contributed by atoms with Gasteiger partial charge in [-0.1, -0.05) is 11.6 Å². The normalized spacial score (nSPS) is 21.4. The number of ether oxygens (including phenoxy) is 3. The predicted octanol–water partition coefficient (Wildman–Crippen LogP) is 0.697. The molecule has 0 aliphatic carbocycles. The summed E-state index contributed by atoms with van der Waals surface area (Å²) in [7, 11) is 0. The van der Waals surface area contributed by atoms with Gasteiger partial charge in [0.05, 0.1) is 19.2 Å². The Balaban J connectivity index is 1.98. The average Bonchev–Trinajstić information content (AvgIpc) is 2.81. The molecule has 1 saturated heterocycles. The van der Waals surface area contributed by atoms with E-state index in [-0.39, 0.29) is 30.3 Å². The monoisotopic (exact) mass is 408 g/mol. The van der Waals surface area contributed by atoms with Crippen molar-refractivity contribution in [3.05, 3.63) is 11.0 Å². The summed E-state index contributed by atoms with van der Waals surface area (Å²) < 4.78 is 57.9. The van der Waals surface area contributed by atoms with E-state index in [1.165, 1.54) is 4.90 Å². The summed E-state index contributed by atoms with van der Waals surface area (Å²) in [6, 6.07) is -1.34. The lowest BCUT2D eigenvalue weighted by atomic mass is 10.2. The van der Waals surface area contributed by atoms with Crippen molar-refractivity contribution in [1.29, 1.82) is 0 Å². The quantitative estimate of drug-likeness (QED) is 0.548. The largest absolute Gasteiger partial charge is 0.475 e. The number of anilines is 1. The molecule has 2 aliphatic heterocycles. The first kappa shape index (κ1) is 18.2. The molecular formula is C14H12ClF3N4O5. The second-order valence-electron chi connectivity index (χ2n) is 5.98. The zero-order chi connectivity index (χ0) is 19.3. The first-order chi connectivity index (χ1) is 12.7. The van der Waals surface area contributed by atoms with E-state index in [1.807, 2.05) is 0 Å². The van der Waals surface area contributed by atoms with Gasteiger partial charge in [-0.25, -0.2) is 13.2 Å². The van der Waals surface area contributed by atoms with Gasteiger partial charge >= 0.3 is 12.5 Å². The number of rotatable bonds is 2. The Morgan fingerprint density at radius 1 is 1.26 bits per heavy atom. The molecule has 2 N–H and O–H groups in total. The third-order valence-electron chi connectivity index (χ3n) is 4.03. The molecule has 2 aliphatic rings. The molecule has 0 amide bonds. The molecule has 27 heavy (non-hydrogen) atoms. The minimum Gasteiger partial charge on any atom is -0.475 e. The second-order valence-corrected chi connectivity index (χ2v) is 6.34. The average molecular weight is 409 g/mol. The van der Waals surface area contributed by atoms with E-state index in [4.69, 9.17) is 31.3 Å². The number of pyridine rings is 1. The molecule has 1 fully saturated rings. The molecular weight excluding hydrogens is 397 g/mol. The van der Waals surface area contributed by atoms with Gasteiger partial charge in [-0.05, 0) is 0 Å². The van der Waals surface area contributed by atoms with Gasteiger partial charge in [0.25, 0.3) is 5.92 Å². The minimum atomic E-state index is -3.22. The lowest BCUT2D eigenvalue weighted by molar-refractivity contribution is -0.183. The fourth-order valence-electron chi connectivity index (χ4n) is 2.96. The van der Waals surface area contributed by atoms with Gasteiger partial charge in [-0.3, -0.25) is 0 Å². The van der Waals surface area contributed by atoms with E-state index in [2.05, 4.69) is 19.7 Å². The highest BCUT2D eigenvalue weighted by molar-refractivity contribution is 6.30. The van der Waals surface area contributed by atoms with Crippen LogP contribution in [0.5, 0.6) is 11.9 Å². The van der Waals surface area contributed by atoms with Gasteiger partial charge < -0.3 is 29.3 Å². The van der Waals surface area contributed by atoms with Gasteiger partial charge in [-0.15, -0.1) is 0 Å². The van der Waals surface area contributed by atoms with Crippen molar-refractivity contribution in [3.63, 3.8) is 0 Å². The number of hydrogen-bond acceptors (Lipinski definition) is 9. The fourth-order valence-corrected chi connectivity index (χ4v) is 3.12. The number of nitrogens with zero attached hydrogens (tertiary/aromatic N) is 4. The highest BCUT2D eigenvalue weighted by Gasteiger charge is 2.42. The van der Waals surface area contributed by atoms with Crippen LogP contribution >= 0.6 is 11.6 Å². The van der Waals surface area contributed by atoms with Crippen molar-refractivity contribution in [3.8, 4) is 11.9 Å². The number of aliphatic hydroxyl groups excluding tert-OH is 1. The Morgan fingerprint density at radius 2 is 2.04 bits per heavy atom. The summed E-state index contributed by atoms with van der Waals surface area (Å²) in [5, 5.41) is 17.3. The Hall–Kier alpha value is -2.15. The zero-order valence-corrected chi connectivity index (χ0v) is 14.2. The fraction of sp³-hybridized carbons (Fsp3) is 0.500. The zero-order valence-electron chi connectivity index (χ0n) is 13.4. The van der Waals surface area contributed by atoms with Gasteiger partial charge in [0.2, 0.25) is 5.88 Å². The number of halogens is 4. The predicted molar refractivity (Wildman–Crippen MR) is 83.5 cm³/mol. The highest BCUT2D eigenvalue weighted by atomic mass is 35.5. The maximum absolute atomic E-state index is 14.5. The molecule has 9 nitrogen and oxygen atoms in total. The Bertz CT molecular complexity index is 903. The molecule has 13 heteroatoms. The van der Waals surface area contributed by atoms with Crippen LogP contribution in [0.1, 0.15) is 0 Å². The van der Waals surface area contributed by atoms with Gasteiger partial charge in [0.1, 0.15) is 29.9 Å². The lowest BCUT2D eigenvalue weighted by Crippen LogP contribution is -2.45. The molecule has 1 atom stereocenters. The van der Waals surface area contributed by atoms with Crippen molar-refractivity contribution in [2.45, 2.75) is 18.4 Å². The van der Waals surface area contributed by atoms with Gasteiger partial charge in [-0.2, -0.15) is 15.0 Å². The van der Waals surface area contributed by atoms with Crippen molar-refractivity contribution in [1.82, 2.24) is 15.0 Å². The van der Waals surface area contributed by atoms with Gasteiger partial charge in [0, 0.05) is 0 Å². The van der Waals surface area contributed by atoms with Crippen LogP contribution in [-0.4, -0.2) is 70.0 Å². The van der Waals surface area contributed by atoms with Crippen LogP contribution in [0, 0.1) is 5.82 Å². The number of aromatic nitrogens is 3. The minimum absolute atomic E-state index is 0.0862. The Kier molecular flexibility index (Phi) is 4.37. The van der Waals surface area contributed by atoms with E-state index >= 15 is 0 Å². The maximum atomic E-state index is 14.5. The summed E-state index contributed by atoms with van der Waals surface area (Å²) in [6.45, 7) is -4.11. The molecule has 1 unspecified atom stereocenters. The number of alkyl halides is 2. The van der Waals surface area contributed by atoms with Crippen LogP contribution in [0.3, 0.4) is 0 Å². The third kappa shape index (κ3) is 3.29. The molecule has 0 radical (unpaired) electrons. The summed E-state index contributed by atoms with van der Waals surface area (Å²) in [5.41, 5.74) is -0.417. The van der Waals surface area contributed by atoms with Crippen molar-refractivity contribution in [2.24, 2.45) is 0 Å².